The Hall–Kier alpha value is -1.94. The Labute approximate surface area is 174 Å². The van der Waals surface area contributed by atoms with Gasteiger partial charge in [0.1, 0.15) is 0 Å². The average molecular weight is 486 g/mol. The number of guanidine groups is 1. The number of nitro benzene ring substituents is 1. The van der Waals surface area contributed by atoms with E-state index in [1.165, 1.54) is 17.0 Å². The molecule has 2 aromatic rings. The van der Waals surface area contributed by atoms with Gasteiger partial charge in [-0.1, -0.05) is 31.2 Å². The van der Waals surface area contributed by atoms with Crippen molar-refractivity contribution in [3.63, 3.8) is 0 Å². The Morgan fingerprint density at radius 1 is 1.38 bits per heavy atom. The molecule has 0 aliphatic carbocycles. The number of nitro groups is 1. The Morgan fingerprint density at radius 2 is 2.12 bits per heavy atom. The first kappa shape index (κ1) is 22.1. The Balaban J connectivity index is 0.00000338. The summed E-state index contributed by atoms with van der Waals surface area (Å²) in [6.07, 6.45) is 2.71. The van der Waals surface area contributed by atoms with Crippen LogP contribution in [0.2, 0.25) is 0 Å². The molecule has 0 fully saturated rings. The number of thiophene rings is 1. The number of halogens is 1. The van der Waals surface area contributed by atoms with Crippen LogP contribution in [0, 0.1) is 10.1 Å². The van der Waals surface area contributed by atoms with Crippen LogP contribution in [0.3, 0.4) is 0 Å². The van der Waals surface area contributed by atoms with E-state index in [9.17, 15) is 10.1 Å². The number of benzene rings is 1. The highest BCUT2D eigenvalue weighted by Crippen LogP contribution is 2.21. The zero-order chi connectivity index (χ0) is 18.1. The fraction of sp³-hybridized carbons (Fsp3) is 0.278. The van der Waals surface area contributed by atoms with Gasteiger partial charge >= 0.3 is 0 Å². The summed E-state index contributed by atoms with van der Waals surface area (Å²) in [6.45, 7) is 6.88. The largest absolute Gasteiger partial charge is 0.353 e. The van der Waals surface area contributed by atoms with Crippen LogP contribution >= 0.6 is 35.3 Å². The summed E-state index contributed by atoms with van der Waals surface area (Å²) >= 11 is 1.71. The first-order chi connectivity index (χ1) is 12.1. The Morgan fingerprint density at radius 3 is 2.65 bits per heavy atom. The van der Waals surface area contributed by atoms with Gasteiger partial charge < -0.3 is 10.6 Å². The summed E-state index contributed by atoms with van der Waals surface area (Å²) in [6, 6.07) is 10.8. The van der Waals surface area contributed by atoms with Crippen molar-refractivity contribution >= 4 is 47.0 Å². The fourth-order valence-corrected chi connectivity index (χ4v) is 3.11. The lowest BCUT2D eigenvalue weighted by Crippen LogP contribution is -2.39. The van der Waals surface area contributed by atoms with E-state index in [0.29, 0.717) is 19.0 Å². The Bertz CT molecular complexity index is 717. The third-order valence-electron chi connectivity index (χ3n) is 3.59. The van der Waals surface area contributed by atoms with Crippen LogP contribution in [-0.4, -0.2) is 17.4 Å². The van der Waals surface area contributed by atoms with Crippen LogP contribution in [0.5, 0.6) is 0 Å². The van der Waals surface area contributed by atoms with E-state index in [-0.39, 0.29) is 35.7 Å². The van der Waals surface area contributed by atoms with E-state index >= 15 is 0 Å². The van der Waals surface area contributed by atoms with E-state index in [0.717, 1.165) is 12.0 Å². The summed E-state index contributed by atoms with van der Waals surface area (Å²) < 4.78 is 0. The third kappa shape index (κ3) is 6.75. The predicted molar refractivity (Wildman–Crippen MR) is 118 cm³/mol. The summed E-state index contributed by atoms with van der Waals surface area (Å²) in [4.78, 5) is 16.1. The number of aliphatic imine (C=N–C) groups is 1. The highest BCUT2D eigenvalue weighted by Gasteiger charge is 2.12. The molecule has 0 spiro atoms. The van der Waals surface area contributed by atoms with Crippen LogP contribution in [-0.2, 0) is 6.54 Å². The minimum atomic E-state index is -0.404. The molecular weight excluding hydrogens is 463 g/mol. The topological polar surface area (TPSA) is 79.6 Å². The van der Waals surface area contributed by atoms with Gasteiger partial charge in [-0.2, -0.15) is 0 Å². The molecule has 140 valence electrons. The van der Waals surface area contributed by atoms with Crippen LogP contribution in [0.25, 0.3) is 0 Å². The van der Waals surface area contributed by atoms with E-state index in [4.69, 9.17) is 0 Å². The molecule has 26 heavy (non-hydrogen) atoms. The van der Waals surface area contributed by atoms with Crippen molar-refractivity contribution in [1.29, 1.82) is 0 Å². The molecule has 8 heteroatoms. The summed E-state index contributed by atoms with van der Waals surface area (Å²) in [5.74, 6) is 0.693. The van der Waals surface area contributed by atoms with Crippen molar-refractivity contribution in [2.45, 2.75) is 25.9 Å². The molecule has 0 amide bonds. The molecule has 1 atom stereocenters. The average Bonchev–Trinajstić information content (AvgIpc) is 3.16. The molecule has 0 bridgehead atoms. The van der Waals surface area contributed by atoms with Gasteiger partial charge in [-0.25, -0.2) is 4.99 Å². The standard InChI is InChI=1S/C18H22N4O2S.HI/c1-3-11-19-18(21-16(4-2)17-6-5-12-25-17)20-13-14-7-9-15(10-8-14)22(23)24;/h3,5-10,12,16H,1,4,11,13H2,2H3,(H2,19,20,21);1H. The van der Waals surface area contributed by atoms with Gasteiger partial charge in [0, 0.05) is 23.6 Å². The highest BCUT2D eigenvalue weighted by atomic mass is 127. The van der Waals surface area contributed by atoms with Crippen molar-refractivity contribution in [1.82, 2.24) is 10.6 Å². The monoisotopic (exact) mass is 486 g/mol. The maximum Gasteiger partial charge on any atom is 0.269 e. The van der Waals surface area contributed by atoms with Crippen molar-refractivity contribution in [3.8, 4) is 0 Å². The SMILES string of the molecule is C=CCNC(=NCc1ccc([N+](=O)[O-])cc1)NC(CC)c1cccs1.I. The number of nitrogens with zero attached hydrogens (tertiary/aromatic N) is 2. The summed E-state index contributed by atoms with van der Waals surface area (Å²) in [7, 11) is 0. The number of rotatable bonds is 8. The maximum atomic E-state index is 10.7. The molecule has 0 saturated heterocycles. The first-order valence-electron chi connectivity index (χ1n) is 8.06. The van der Waals surface area contributed by atoms with Gasteiger partial charge in [0.15, 0.2) is 5.96 Å². The van der Waals surface area contributed by atoms with Crippen LogP contribution in [0.15, 0.2) is 59.4 Å². The first-order valence-corrected chi connectivity index (χ1v) is 8.94. The zero-order valence-electron chi connectivity index (χ0n) is 14.6. The van der Waals surface area contributed by atoms with E-state index in [2.05, 4.69) is 40.6 Å². The van der Waals surface area contributed by atoms with E-state index in [1.807, 2.05) is 6.07 Å². The molecule has 0 aliphatic rings. The number of nitrogens with one attached hydrogen (secondary N) is 2. The van der Waals surface area contributed by atoms with Crippen molar-refractivity contribution in [2.24, 2.45) is 4.99 Å². The molecular formula is C18H23IN4O2S. The lowest BCUT2D eigenvalue weighted by Gasteiger charge is -2.19. The zero-order valence-corrected chi connectivity index (χ0v) is 17.7. The normalized spacial score (nSPS) is 12.0. The molecule has 0 radical (unpaired) electrons. The molecule has 1 aromatic heterocycles. The second kappa shape index (κ2) is 11.6. The molecule has 6 nitrogen and oxygen atoms in total. The molecule has 0 saturated carbocycles. The molecule has 1 heterocycles. The van der Waals surface area contributed by atoms with Crippen LogP contribution in [0.1, 0.15) is 29.8 Å². The van der Waals surface area contributed by atoms with E-state index in [1.54, 1.807) is 29.5 Å². The second-order valence-corrected chi connectivity index (χ2v) is 6.36. The molecule has 2 N–H and O–H groups in total. The van der Waals surface area contributed by atoms with Gasteiger partial charge in [-0.3, -0.25) is 10.1 Å². The van der Waals surface area contributed by atoms with Crippen molar-refractivity contribution < 1.29 is 4.92 Å². The van der Waals surface area contributed by atoms with Gasteiger partial charge in [0.2, 0.25) is 0 Å². The lowest BCUT2D eigenvalue weighted by molar-refractivity contribution is -0.384. The molecule has 1 unspecified atom stereocenters. The van der Waals surface area contributed by atoms with Gasteiger partial charge in [-0.15, -0.1) is 41.9 Å². The molecule has 2 rings (SSSR count). The van der Waals surface area contributed by atoms with Crippen LogP contribution < -0.4 is 10.6 Å². The Kier molecular flexibility index (Phi) is 9.89. The smallest absolute Gasteiger partial charge is 0.269 e. The third-order valence-corrected chi connectivity index (χ3v) is 4.57. The maximum absolute atomic E-state index is 10.7. The van der Waals surface area contributed by atoms with Gasteiger partial charge in [-0.05, 0) is 23.4 Å². The quantitative estimate of drug-likeness (QED) is 0.142. The number of non-ortho nitro benzene ring substituents is 1. The van der Waals surface area contributed by atoms with Crippen molar-refractivity contribution in [3.05, 3.63) is 75.0 Å². The summed E-state index contributed by atoms with van der Waals surface area (Å²) in [5, 5.41) is 19.4. The summed E-state index contributed by atoms with van der Waals surface area (Å²) in [5.41, 5.74) is 0.995. The minimum Gasteiger partial charge on any atom is -0.353 e. The second-order valence-electron chi connectivity index (χ2n) is 5.38. The van der Waals surface area contributed by atoms with Crippen molar-refractivity contribution in [2.75, 3.05) is 6.54 Å². The number of hydrogen-bond acceptors (Lipinski definition) is 4. The lowest BCUT2D eigenvalue weighted by atomic mass is 10.2. The van der Waals surface area contributed by atoms with Crippen LogP contribution in [0.4, 0.5) is 5.69 Å². The van der Waals surface area contributed by atoms with Gasteiger partial charge in [0.25, 0.3) is 5.69 Å². The highest BCUT2D eigenvalue weighted by molar-refractivity contribution is 14.0. The molecule has 0 aliphatic heterocycles. The van der Waals surface area contributed by atoms with E-state index < -0.39 is 4.92 Å². The number of hydrogen-bond donors (Lipinski definition) is 2. The van der Waals surface area contributed by atoms with Gasteiger partial charge in [0.05, 0.1) is 17.5 Å². The fourth-order valence-electron chi connectivity index (χ4n) is 2.24. The predicted octanol–water partition coefficient (Wildman–Crippen LogP) is 4.65. The molecule has 1 aromatic carbocycles. The minimum absolute atomic E-state index is 0.